The molecule has 96 valence electrons. The van der Waals surface area contributed by atoms with Gasteiger partial charge in [0.05, 0.1) is 16.4 Å². The fraction of sp³-hybridized carbons (Fsp3) is 0.615. The molecular weight excluding hydrogens is 278 g/mol. The molecule has 1 aromatic heterocycles. The zero-order valence-corrected chi connectivity index (χ0v) is 13.1. The fourth-order valence-corrected chi connectivity index (χ4v) is 2.20. The van der Waals surface area contributed by atoms with Crippen LogP contribution in [-0.2, 0) is 0 Å². The van der Waals surface area contributed by atoms with Crippen LogP contribution in [0.2, 0.25) is 0 Å². The molecule has 0 aromatic carbocycles. The molecule has 1 unspecified atom stereocenters. The van der Waals surface area contributed by atoms with Crippen LogP contribution in [0.5, 0.6) is 0 Å². The summed E-state index contributed by atoms with van der Waals surface area (Å²) in [5, 5.41) is 0. The highest BCUT2D eigenvalue weighted by Crippen LogP contribution is 2.33. The molecule has 0 fully saturated rings. The number of nitrogen functional groups attached to an aromatic ring is 1. The maximum Gasteiger partial charge on any atom is 0.143 e. The minimum atomic E-state index is 0.200. The molecule has 1 aromatic rings. The summed E-state index contributed by atoms with van der Waals surface area (Å²) in [7, 11) is 2.07. The van der Waals surface area contributed by atoms with Gasteiger partial charge in [0.1, 0.15) is 5.82 Å². The van der Waals surface area contributed by atoms with E-state index in [0.717, 1.165) is 21.5 Å². The Morgan fingerprint density at radius 1 is 1.41 bits per heavy atom. The van der Waals surface area contributed by atoms with Crippen LogP contribution in [-0.4, -0.2) is 18.1 Å². The van der Waals surface area contributed by atoms with Crippen molar-refractivity contribution in [2.75, 3.05) is 17.7 Å². The van der Waals surface area contributed by atoms with Gasteiger partial charge in [-0.2, -0.15) is 0 Å². The van der Waals surface area contributed by atoms with Crippen LogP contribution in [0.15, 0.2) is 10.7 Å². The first-order chi connectivity index (χ1) is 7.66. The molecular formula is C13H22BrN3. The first kappa shape index (κ1) is 14.3. The van der Waals surface area contributed by atoms with Crippen LogP contribution in [0, 0.1) is 12.3 Å². The molecule has 0 bridgehead atoms. The Balaban J connectivity index is 3.14. The Morgan fingerprint density at radius 2 is 1.94 bits per heavy atom. The van der Waals surface area contributed by atoms with Crippen LogP contribution in [0.1, 0.15) is 33.3 Å². The Kier molecular flexibility index (Phi) is 4.07. The van der Waals surface area contributed by atoms with E-state index in [4.69, 9.17) is 5.73 Å². The van der Waals surface area contributed by atoms with Gasteiger partial charge >= 0.3 is 0 Å². The van der Waals surface area contributed by atoms with Crippen molar-refractivity contribution < 1.29 is 0 Å². The maximum absolute atomic E-state index is 5.84. The number of nitrogens with two attached hydrogens (primary N) is 1. The molecule has 0 aliphatic carbocycles. The summed E-state index contributed by atoms with van der Waals surface area (Å²) in [6.45, 7) is 10.9. The second-order valence-electron chi connectivity index (χ2n) is 5.63. The van der Waals surface area contributed by atoms with Crippen molar-refractivity contribution in [3.05, 3.63) is 16.2 Å². The lowest BCUT2D eigenvalue weighted by molar-refractivity contribution is 0.328. The van der Waals surface area contributed by atoms with E-state index in [0.29, 0.717) is 6.04 Å². The number of halogens is 1. The maximum atomic E-state index is 5.84. The van der Waals surface area contributed by atoms with E-state index >= 15 is 0 Å². The van der Waals surface area contributed by atoms with Crippen molar-refractivity contribution in [3.8, 4) is 0 Å². The van der Waals surface area contributed by atoms with E-state index in [1.807, 2.05) is 6.92 Å². The van der Waals surface area contributed by atoms with E-state index in [1.165, 1.54) is 0 Å². The van der Waals surface area contributed by atoms with Gasteiger partial charge in [-0.15, -0.1) is 0 Å². The van der Waals surface area contributed by atoms with Gasteiger partial charge in [0, 0.05) is 13.1 Å². The molecule has 0 amide bonds. The minimum Gasteiger partial charge on any atom is -0.397 e. The van der Waals surface area contributed by atoms with Crippen molar-refractivity contribution in [3.63, 3.8) is 0 Å². The van der Waals surface area contributed by atoms with Crippen molar-refractivity contribution >= 4 is 27.4 Å². The number of anilines is 2. The third kappa shape index (κ3) is 2.92. The van der Waals surface area contributed by atoms with Crippen molar-refractivity contribution in [1.29, 1.82) is 0 Å². The fourth-order valence-electron chi connectivity index (χ4n) is 1.59. The smallest absolute Gasteiger partial charge is 0.143 e. The molecule has 2 N–H and O–H groups in total. The molecule has 4 heteroatoms. The first-order valence-electron chi connectivity index (χ1n) is 5.79. The number of nitrogens with zero attached hydrogens (tertiary/aromatic N) is 2. The second kappa shape index (κ2) is 4.84. The molecule has 0 spiro atoms. The number of aromatic nitrogens is 1. The van der Waals surface area contributed by atoms with Crippen LogP contribution in [0.3, 0.4) is 0 Å². The van der Waals surface area contributed by atoms with Gasteiger partial charge in [-0.3, -0.25) is 0 Å². The lowest BCUT2D eigenvalue weighted by atomic mass is 9.87. The van der Waals surface area contributed by atoms with Gasteiger partial charge in [-0.1, -0.05) is 20.8 Å². The van der Waals surface area contributed by atoms with Gasteiger partial charge in [0.25, 0.3) is 0 Å². The lowest BCUT2D eigenvalue weighted by Crippen LogP contribution is -2.40. The Labute approximate surface area is 113 Å². The number of pyridine rings is 1. The quantitative estimate of drug-likeness (QED) is 0.907. The largest absolute Gasteiger partial charge is 0.397 e. The molecule has 1 rings (SSSR count). The normalized spacial score (nSPS) is 13.6. The molecule has 0 aliphatic rings. The first-order valence-corrected chi connectivity index (χ1v) is 6.59. The Morgan fingerprint density at radius 3 is 2.41 bits per heavy atom. The molecule has 0 radical (unpaired) electrons. The lowest BCUT2D eigenvalue weighted by Gasteiger charge is -2.36. The van der Waals surface area contributed by atoms with E-state index in [-0.39, 0.29) is 5.41 Å². The van der Waals surface area contributed by atoms with Crippen LogP contribution in [0.25, 0.3) is 0 Å². The average Bonchev–Trinajstić information content (AvgIpc) is 2.23. The highest BCUT2D eigenvalue weighted by molar-refractivity contribution is 9.10. The number of hydrogen-bond acceptors (Lipinski definition) is 3. The van der Waals surface area contributed by atoms with Crippen LogP contribution >= 0.6 is 15.9 Å². The van der Waals surface area contributed by atoms with E-state index in [1.54, 1.807) is 6.20 Å². The SMILES string of the molecule is Cc1c(N)cnc(N(C)C(C)C(C)(C)C)c1Br. The molecule has 3 nitrogen and oxygen atoms in total. The van der Waals surface area contributed by atoms with Gasteiger partial charge in [0.15, 0.2) is 0 Å². The molecule has 1 atom stereocenters. The summed E-state index contributed by atoms with van der Waals surface area (Å²) in [6, 6.07) is 0.384. The van der Waals surface area contributed by atoms with Gasteiger partial charge in [-0.05, 0) is 40.8 Å². The number of rotatable bonds is 2. The summed E-state index contributed by atoms with van der Waals surface area (Å²) >= 11 is 3.58. The average molecular weight is 300 g/mol. The zero-order valence-electron chi connectivity index (χ0n) is 11.5. The predicted molar refractivity (Wildman–Crippen MR) is 78.4 cm³/mol. The summed E-state index contributed by atoms with van der Waals surface area (Å²) < 4.78 is 0.983. The zero-order chi connectivity index (χ0) is 13.4. The predicted octanol–water partition coefficient (Wildman–Crippen LogP) is 3.61. The monoisotopic (exact) mass is 299 g/mol. The summed E-state index contributed by atoms with van der Waals surface area (Å²) in [6.07, 6.45) is 1.72. The molecule has 0 aliphatic heterocycles. The highest BCUT2D eigenvalue weighted by Gasteiger charge is 2.26. The minimum absolute atomic E-state index is 0.200. The number of hydrogen-bond donors (Lipinski definition) is 1. The topological polar surface area (TPSA) is 42.1 Å². The third-order valence-electron chi connectivity index (χ3n) is 3.45. The van der Waals surface area contributed by atoms with Crippen molar-refractivity contribution in [1.82, 2.24) is 4.98 Å². The standard InChI is InChI=1S/C13H22BrN3/c1-8-10(15)7-16-12(11(8)14)17(6)9(2)13(3,4)5/h7,9H,15H2,1-6H3. The van der Waals surface area contributed by atoms with E-state index < -0.39 is 0 Å². The van der Waals surface area contributed by atoms with E-state index in [2.05, 4.69) is 60.6 Å². The van der Waals surface area contributed by atoms with Crippen LogP contribution < -0.4 is 10.6 Å². The molecule has 0 saturated carbocycles. The Hall–Kier alpha value is -0.770. The summed E-state index contributed by atoms with van der Waals surface area (Å²) in [5.41, 5.74) is 7.80. The van der Waals surface area contributed by atoms with Gasteiger partial charge in [0.2, 0.25) is 0 Å². The second-order valence-corrected chi connectivity index (χ2v) is 6.42. The molecule has 0 saturated heterocycles. The van der Waals surface area contributed by atoms with Gasteiger partial charge < -0.3 is 10.6 Å². The Bertz CT molecular complexity index is 410. The van der Waals surface area contributed by atoms with Crippen molar-refractivity contribution in [2.45, 2.75) is 40.7 Å². The van der Waals surface area contributed by atoms with Crippen molar-refractivity contribution in [2.24, 2.45) is 5.41 Å². The molecule has 17 heavy (non-hydrogen) atoms. The summed E-state index contributed by atoms with van der Waals surface area (Å²) in [4.78, 5) is 6.62. The summed E-state index contributed by atoms with van der Waals surface area (Å²) in [5.74, 6) is 0.944. The van der Waals surface area contributed by atoms with Gasteiger partial charge in [-0.25, -0.2) is 4.98 Å². The molecule has 1 heterocycles. The van der Waals surface area contributed by atoms with Crippen LogP contribution in [0.4, 0.5) is 11.5 Å². The third-order valence-corrected chi connectivity index (χ3v) is 4.40. The highest BCUT2D eigenvalue weighted by atomic mass is 79.9. The van der Waals surface area contributed by atoms with E-state index in [9.17, 15) is 0 Å².